The Hall–Kier alpha value is -1.25. The molecule has 1 heterocycles. The third kappa shape index (κ3) is 4.86. The van der Waals surface area contributed by atoms with E-state index in [9.17, 15) is 10.2 Å². The molecule has 0 saturated carbocycles. The highest BCUT2D eigenvalue weighted by Gasteiger charge is 2.45. The van der Waals surface area contributed by atoms with Crippen LogP contribution in [0.4, 0.5) is 0 Å². The normalized spacial score (nSPS) is 30.7. The van der Waals surface area contributed by atoms with Gasteiger partial charge in [0.1, 0.15) is 18.0 Å². The van der Waals surface area contributed by atoms with E-state index in [1.807, 2.05) is 13.0 Å². The molecule has 0 spiro atoms. The fourth-order valence-corrected chi connectivity index (χ4v) is 2.44. The minimum absolute atomic E-state index is 0.178. The maximum atomic E-state index is 10.3. The Labute approximate surface area is 140 Å². The second-order valence-corrected chi connectivity index (χ2v) is 5.64. The Morgan fingerprint density at radius 2 is 1.91 bits per heavy atom. The first-order chi connectivity index (χ1) is 11.0. The monoisotopic (exact) mass is 342 g/mol. The molecule has 0 amide bonds. The van der Waals surface area contributed by atoms with Gasteiger partial charge in [0, 0.05) is 18.8 Å². The summed E-state index contributed by atoms with van der Waals surface area (Å²) >= 11 is 5.04. The summed E-state index contributed by atoms with van der Waals surface area (Å²) in [4.78, 5) is 0. The molecular formula is C16H22O6S. The number of ether oxygens (including phenoxy) is 4. The van der Waals surface area contributed by atoms with Crippen LogP contribution in [0.3, 0.4) is 0 Å². The summed E-state index contributed by atoms with van der Waals surface area (Å²) in [5.74, 6) is 0.514. The minimum Gasteiger partial charge on any atom is -0.447 e. The van der Waals surface area contributed by atoms with E-state index in [0.29, 0.717) is 12.4 Å². The number of hydrogen-bond acceptors (Lipinski definition) is 7. The molecule has 1 saturated heterocycles. The molecular weight excluding hydrogens is 320 g/mol. The quantitative estimate of drug-likeness (QED) is 0.788. The van der Waals surface area contributed by atoms with E-state index in [0.717, 1.165) is 6.42 Å². The Bertz CT molecular complexity index is 497. The summed E-state index contributed by atoms with van der Waals surface area (Å²) in [5.41, 5.74) is 0. The van der Waals surface area contributed by atoms with Crippen molar-refractivity contribution in [1.82, 2.24) is 0 Å². The summed E-state index contributed by atoms with van der Waals surface area (Å²) in [7, 11) is 0. The second-order valence-electron chi connectivity index (χ2n) is 5.31. The first-order valence-electron chi connectivity index (χ1n) is 7.59. The van der Waals surface area contributed by atoms with Gasteiger partial charge in [0.15, 0.2) is 12.4 Å². The zero-order chi connectivity index (χ0) is 16.8. The van der Waals surface area contributed by atoms with E-state index < -0.39 is 30.7 Å². The van der Waals surface area contributed by atoms with Gasteiger partial charge in [-0.05, 0) is 25.5 Å². The molecule has 0 unspecified atom stereocenters. The molecule has 128 valence electrons. The predicted molar refractivity (Wildman–Crippen MR) is 87.1 cm³/mol. The fourth-order valence-electron chi connectivity index (χ4n) is 2.23. The maximum absolute atomic E-state index is 10.3. The number of thiocarbonyl (C=S) groups is 1. The molecule has 6 nitrogen and oxygen atoms in total. The van der Waals surface area contributed by atoms with Crippen LogP contribution in [0, 0.1) is 0 Å². The van der Waals surface area contributed by atoms with Gasteiger partial charge in [-0.1, -0.05) is 25.1 Å². The second kappa shape index (κ2) is 8.56. The highest BCUT2D eigenvalue weighted by Crippen LogP contribution is 2.25. The van der Waals surface area contributed by atoms with Crippen molar-refractivity contribution in [3.8, 4) is 5.75 Å². The highest BCUT2D eigenvalue weighted by atomic mass is 32.1. The summed E-state index contributed by atoms with van der Waals surface area (Å²) in [6, 6.07) is 8.89. The lowest BCUT2D eigenvalue weighted by atomic mass is 10.00. The molecule has 23 heavy (non-hydrogen) atoms. The number of benzene rings is 1. The van der Waals surface area contributed by atoms with E-state index >= 15 is 0 Å². The first-order valence-corrected chi connectivity index (χ1v) is 8.00. The molecule has 2 rings (SSSR count). The van der Waals surface area contributed by atoms with Crippen LogP contribution in [0.15, 0.2) is 30.3 Å². The lowest BCUT2D eigenvalue weighted by Gasteiger charge is -2.40. The van der Waals surface area contributed by atoms with E-state index in [1.165, 1.54) is 0 Å². The van der Waals surface area contributed by atoms with Crippen molar-refractivity contribution in [3.05, 3.63) is 30.3 Å². The lowest BCUT2D eigenvalue weighted by Crippen LogP contribution is -2.59. The molecule has 0 aliphatic carbocycles. The van der Waals surface area contributed by atoms with Gasteiger partial charge in [0.25, 0.3) is 0 Å². The van der Waals surface area contributed by atoms with Gasteiger partial charge in [0.05, 0.1) is 6.10 Å². The first kappa shape index (κ1) is 18.1. The number of rotatable bonds is 5. The van der Waals surface area contributed by atoms with E-state index in [1.54, 1.807) is 31.2 Å². The molecule has 1 fully saturated rings. The number of para-hydroxylation sites is 1. The molecule has 1 aliphatic rings. The zero-order valence-corrected chi connectivity index (χ0v) is 13.9. The smallest absolute Gasteiger partial charge is 0.358 e. The third-order valence-electron chi connectivity index (χ3n) is 3.44. The summed E-state index contributed by atoms with van der Waals surface area (Å²) in [6.45, 7) is 4.06. The molecule has 5 atom stereocenters. The lowest BCUT2D eigenvalue weighted by molar-refractivity contribution is -0.291. The third-order valence-corrected chi connectivity index (χ3v) is 3.62. The molecule has 2 N–H and O–H groups in total. The molecule has 1 aromatic carbocycles. The van der Waals surface area contributed by atoms with Crippen molar-refractivity contribution in [1.29, 1.82) is 0 Å². The van der Waals surface area contributed by atoms with Crippen molar-refractivity contribution in [2.24, 2.45) is 0 Å². The van der Waals surface area contributed by atoms with Gasteiger partial charge >= 0.3 is 5.24 Å². The summed E-state index contributed by atoms with van der Waals surface area (Å²) in [5, 5.41) is 20.3. The molecule has 1 aromatic rings. The predicted octanol–water partition coefficient (Wildman–Crippen LogP) is 1.63. The Kier molecular flexibility index (Phi) is 6.73. The summed E-state index contributed by atoms with van der Waals surface area (Å²) < 4.78 is 21.7. The minimum atomic E-state index is -1.18. The van der Waals surface area contributed by atoms with Crippen molar-refractivity contribution in [2.75, 3.05) is 6.61 Å². The largest absolute Gasteiger partial charge is 0.447 e. The van der Waals surface area contributed by atoms with Gasteiger partial charge < -0.3 is 29.2 Å². The molecule has 0 bridgehead atoms. The van der Waals surface area contributed by atoms with Gasteiger partial charge in [-0.2, -0.15) is 0 Å². The molecule has 0 radical (unpaired) electrons. The van der Waals surface area contributed by atoms with Crippen molar-refractivity contribution >= 4 is 17.5 Å². The molecule has 1 aliphatic heterocycles. The fraction of sp³-hybridized carbons (Fsp3) is 0.562. The van der Waals surface area contributed by atoms with Crippen molar-refractivity contribution in [3.63, 3.8) is 0 Å². The van der Waals surface area contributed by atoms with Crippen LogP contribution >= 0.6 is 12.2 Å². The van der Waals surface area contributed by atoms with Gasteiger partial charge in [-0.15, -0.1) is 0 Å². The maximum Gasteiger partial charge on any atom is 0.358 e. The summed E-state index contributed by atoms with van der Waals surface area (Å²) in [6.07, 6.45) is -3.88. The van der Waals surface area contributed by atoms with Crippen molar-refractivity contribution < 1.29 is 29.2 Å². The average molecular weight is 342 g/mol. The molecule has 0 aromatic heterocycles. The van der Waals surface area contributed by atoms with E-state index in [2.05, 4.69) is 0 Å². The van der Waals surface area contributed by atoms with Crippen LogP contribution in [0.25, 0.3) is 0 Å². The van der Waals surface area contributed by atoms with Gasteiger partial charge in [-0.25, -0.2) is 0 Å². The van der Waals surface area contributed by atoms with Crippen LogP contribution in [-0.2, 0) is 14.2 Å². The van der Waals surface area contributed by atoms with E-state index in [4.69, 9.17) is 31.2 Å². The van der Waals surface area contributed by atoms with Crippen LogP contribution in [0.2, 0.25) is 0 Å². The van der Waals surface area contributed by atoms with Crippen molar-refractivity contribution in [2.45, 2.75) is 51.0 Å². The molecule has 7 heteroatoms. The van der Waals surface area contributed by atoms with Gasteiger partial charge in [-0.3, -0.25) is 0 Å². The number of aliphatic hydroxyl groups is 2. The van der Waals surface area contributed by atoms with Crippen LogP contribution in [0.1, 0.15) is 20.3 Å². The topological polar surface area (TPSA) is 77.4 Å². The van der Waals surface area contributed by atoms with Crippen LogP contribution in [-0.4, -0.2) is 52.8 Å². The zero-order valence-electron chi connectivity index (χ0n) is 13.1. The van der Waals surface area contributed by atoms with Crippen LogP contribution < -0.4 is 4.74 Å². The SMILES string of the molecule is CCCO[C@H]1O[C@@H](C)[C@H](O)[C@@H](OC(=S)Oc2ccccc2)[C@H]1O. The average Bonchev–Trinajstić information content (AvgIpc) is 2.54. The van der Waals surface area contributed by atoms with E-state index in [-0.39, 0.29) is 5.24 Å². The Morgan fingerprint density at radius 3 is 2.57 bits per heavy atom. The number of aliphatic hydroxyl groups excluding tert-OH is 2. The van der Waals surface area contributed by atoms with Gasteiger partial charge in [0.2, 0.25) is 0 Å². The highest BCUT2D eigenvalue weighted by molar-refractivity contribution is 7.79. The van der Waals surface area contributed by atoms with Crippen LogP contribution in [0.5, 0.6) is 5.75 Å². The number of hydrogen-bond donors (Lipinski definition) is 2. The Balaban J connectivity index is 1.98. The Morgan fingerprint density at radius 1 is 1.22 bits per heavy atom. The standard InChI is InChI=1S/C16H22O6S/c1-3-9-19-15-13(18)14(12(17)10(2)20-15)22-16(23)21-11-7-5-4-6-8-11/h4-8,10,12-15,17-18H,3,9H2,1-2H3/t10-,12-,13+,14+,15-/m0/s1.